The molecule has 1 aliphatic rings. The second-order valence-electron chi connectivity index (χ2n) is 9.53. The Kier molecular flexibility index (Phi) is 8.81. The van der Waals surface area contributed by atoms with Crippen LogP contribution in [0, 0.1) is 0 Å². The number of fused-ring (bicyclic) bond motifs is 1. The molecule has 1 aliphatic heterocycles. The molecule has 0 N–H and O–H groups in total. The van der Waals surface area contributed by atoms with Gasteiger partial charge in [0.05, 0.1) is 23.3 Å². The summed E-state index contributed by atoms with van der Waals surface area (Å²) in [6.07, 6.45) is 0.645. The van der Waals surface area contributed by atoms with Crippen molar-refractivity contribution in [2.75, 3.05) is 43.4 Å². The summed E-state index contributed by atoms with van der Waals surface area (Å²) in [6, 6.07) is 25.2. The van der Waals surface area contributed by atoms with Crippen LogP contribution in [0.2, 0.25) is 0 Å². The van der Waals surface area contributed by atoms with E-state index in [1.54, 1.807) is 29.7 Å². The van der Waals surface area contributed by atoms with Gasteiger partial charge in [-0.25, -0.2) is 4.98 Å². The summed E-state index contributed by atoms with van der Waals surface area (Å²) in [5, 5.41) is 0.876. The van der Waals surface area contributed by atoms with E-state index in [1.165, 1.54) is 11.8 Å². The van der Waals surface area contributed by atoms with Gasteiger partial charge in [0.1, 0.15) is 0 Å². The van der Waals surface area contributed by atoms with Gasteiger partial charge in [-0.15, -0.1) is 0 Å². The average Bonchev–Trinajstić information content (AvgIpc) is 3.00. The lowest BCUT2D eigenvalue weighted by atomic mass is 10.1. The third-order valence-corrected chi connectivity index (χ3v) is 7.90. The van der Waals surface area contributed by atoms with Crippen LogP contribution < -0.4 is 10.5 Å². The lowest BCUT2D eigenvalue weighted by Gasteiger charge is -2.36. The molecule has 3 aromatic carbocycles. The molecule has 0 spiro atoms. The lowest BCUT2D eigenvalue weighted by Crippen LogP contribution is -2.48. The molecule has 5 rings (SSSR count). The van der Waals surface area contributed by atoms with Gasteiger partial charge in [0.15, 0.2) is 5.16 Å². The van der Waals surface area contributed by atoms with E-state index in [2.05, 4.69) is 17.0 Å². The minimum atomic E-state index is -0.366. The summed E-state index contributed by atoms with van der Waals surface area (Å²) >= 11 is 1.18. The maximum Gasteiger partial charge on any atom is 0.316 e. The fourth-order valence-electron chi connectivity index (χ4n) is 4.84. The molecule has 206 valence electrons. The number of aromatic nitrogens is 2. The number of carbonyl (C=O) groups excluding carboxylic acids is 2. The van der Waals surface area contributed by atoms with Crippen LogP contribution in [0.1, 0.15) is 22.8 Å². The SMILES string of the molecule is CCOC(=O)CSc1nc2cc(C(=O)N3CCN(c4ccccc4)CC3)ccc2c(=O)n1CCc1ccccc1. The monoisotopic (exact) mass is 556 g/mol. The smallest absolute Gasteiger partial charge is 0.316 e. The number of benzene rings is 3. The third-order valence-electron chi connectivity index (χ3n) is 6.95. The van der Waals surface area contributed by atoms with Gasteiger partial charge in [0, 0.05) is 44.0 Å². The molecule has 0 bridgehead atoms. The predicted octanol–water partition coefficient (Wildman–Crippen LogP) is 4.26. The number of piperazine rings is 1. The molecule has 40 heavy (non-hydrogen) atoms. The molecule has 1 aromatic heterocycles. The molecule has 0 aliphatic carbocycles. The topological polar surface area (TPSA) is 84.7 Å². The molecule has 0 atom stereocenters. The van der Waals surface area contributed by atoms with Crippen molar-refractivity contribution < 1.29 is 14.3 Å². The Labute approximate surface area is 237 Å². The number of aryl methyl sites for hydroxylation is 1. The second kappa shape index (κ2) is 12.8. The van der Waals surface area contributed by atoms with Gasteiger partial charge >= 0.3 is 5.97 Å². The van der Waals surface area contributed by atoms with Gasteiger partial charge in [-0.05, 0) is 49.2 Å². The normalized spacial score (nSPS) is 13.4. The van der Waals surface area contributed by atoms with E-state index in [9.17, 15) is 14.4 Å². The summed E-state index contributed by atoms with van der Waals surface area (Å²) in [4.78, 5) is 47.9. The van der Waals surface area contributed by atoms with E-state index in [0.717, 1.165) is 24.3 Å². The first-order chi connectivity index (χ1) is 19.5. The van der Waals surface area contributed by atoms with Crippen LogP contribution in [0.25, 0.3) is 10.9 Å². The number of hydrogen-bond donors (Lipinski definition) is 0. The summed E-state index contributed by atoms with van der Waals surface area (Å²) in [7, 11) is 0. The maximum atomic E-state index is 13.6. The molecule has 0 unspecified atom stereocenters. The number of ether oxygens (including phenoxy) is 1. The number of hydrogen-bond acceptors (Lipinski definition) is 7. The zero-order valence-corrected chi connectivity index (χ0v) is 23.3. The molecule has 1 amide bonds. The average molecular weight is 557 g/mol. The molecule has 8 nitrogen and oxygen atoms in total. The Morgan fingerprint density at radius 3 is 2.33 bits per heavy atom. The van der Waals surface area contributed by atoms with Crippen molar-refractivity contribution in [1.82, 2.24) is 14.5 Å². The minimum Gasteiger partial charge on any atom is -0.465 e. The Balaban J connectivity index is 1.38. The van der Waals surface area contributed by atoms with E-state index in [1.807, 2.05) is 53.4 Å². The van der Waals surface area contributed by atoms with Crippen LogP contribution >= 0.6 is 11.8 Å². The van der Waals surface area contributed by atoms with Gasteiger partial charge in [-0.3, -0.25) is 19.0 Å². The van der Waals surface area contributed by atoms with Gasteiger partial charge in [0.2, 0.25) is 0 Å². The van der Waals surface area contributed by atoms with Crippen molar-refractivity contribution in [2.24, 2.45) is 0 Å². The van der Waals surface area contributed by atoms with Crippen molar-refractivity contribution in [1.29, 1.82) is 0 Å². The van der Waals surface area contributed by atoms with Crippen molar-refractivity contribution >= 4 is 40.2 Å². The van der Waals surface area contributed by atoms with E-state index >= 15 is 0 Å². The number of para-hydroxylation sites is 1. The van der Waals surface area contributed by atoms with Gasteiger partial charge in [-0.1, -0.05) is 60.3 Å². The summed E-state index contributed by atoms with van der Waals surface area (Å²) in [6.45, 7) is 5.19. The zero-order chi connectivity index (χ0) is 27.9. The largest absolute Gasteiger partial charge is 0.465 e. The van der Waals surface area contributed by atoms with Gasteiger partial charge in [0.25, 0.3) is 11.5 Å². The summed E-state index contributed by atoms with van der Waals surface area (Å²) in [5.74, 6) is -0.401. The van der Waals surface area contributed by atoms with Crippen molar-refractivity contribution in [3.8, 4) is 0 Å². The van der Waals surface area contributed by atoms with Crippen LogP contribution in [-0.4, -0.2) is 64.9 Å². The van der Waals surface area contributed by atoms with Crippen LogP contribution in [-0.2, 0) is 22.5 Å². The minimum absolute atomic E-state index is 0.0431. The van der Waals surface area contributed by atoms with E-state index in [0.29, 0.717) is 47.7 Å². The summed E-state index contributed by atoms with van der Waals surface area (Å²) < 4.78 is 6.69. The van der Waals surface area contributed by atoms with Crippen LogP contribution in [0.3, 0.4) is 0 Å². The Morgan fingerprint density at radius 2 is 1.62 bits per heavy atom. The lowest BCUT2D eigenvalue weighted by molar-refractivity contribution is -0.139. The van der Waals surface area contributed by atoms with E-state index in [-0.39, 0.29) is 29.8 Å². The first-order valence-electron chi connectivity index (χ1n) is 13.5. The molecule has 9 heteroatoms. The Bertz CT molecular complexity index is 1530. The maximum absolute atomic E-state index is 13.6. The Hall–Kier alpha value is -4.11. The molecular weight excluding hydrogens is 524 g/mol. The number of carbonyl (C=O) groups is 2. The molecule has 0 saturated carbocycles. The van der Waals surface area contributed by atoms with Crippen molar-refractivity contribution in [2.45, 2.75) is 25.0 Å². The van der Waals surface area contributed by atoms with Crippen LogP contribution in [0.5, 0.6) is 0 Å². The fraction of sp³-hybridized carbons (Fsp3) is 0.290. The quantitative estimate of drug-likeness (QED) is 0.173. The number of nitrogens with zero attached hydrogens (tertiary/aromatic N) is 4. The van der Waals surface area contributed by atoms with Crippen molar-refractivity contribution in [3.05, 3.63) is 100 Å². The van der Waals surface area contributed by atoms with Gasteiger partial charge in [-0.2, -0.15) is 0 Å². The number of amides is 1. The highest BCUT2D eigenvalue weighted by Gasteiger charge is 2.23. The van der Waals surface area contributed by atoms with E-state index in [4.69, 9.17) is 9.72 Å². The molecule has 1 fully saturated rings. The predicted molar refractivity (Wildman–Crippen MR) is 158 cm³/mol. The summed E-state index contributed by atoms with van der Waals surface area (Å²) in [5.41, 5.74) is 3.00. The highest BCUT2D eigenvalue weighted by atomic mass is 32.2. The number of rotatable bonds is 9. The van der Waals surface area contributed by atoms with Crippen LogP contribution in [0.15, 0.2) is 88.8 Å². The van der Waals surface area contributed by atoms with Crippen LogP contribution in [0.4, 0.5) is 5.69 Å². The molecule has 4 aromatic rings. The van der Waals surface area contributed by atoms with E-state index < -0.39 is 0 Å². The zero-order valence-electron chi connectivity index (χ0n) is 22.5. The molecule has 2 heterocycles. The second-order valence-corrected chi connectivity index (χ2v) is 10.5. The number of esters is 1. The molecule has 1 saturated heterocycles. The number of thioether (sulfide) groups is 1. The molecular formula is C31H32N4O4S. The first kappa shape index (κ1) is 27.5. The standard InChI is InChI=1S/C31H32N4O4S/c1-2-39-28(36)22-40-31-32-27-21-24(29(37)34-19-17-33(18-20-34)25-11-7-4-8-12-25)13-14-26(27)30(38)35(31)16-15-23-9-5-3-6-10-23/h3-14,21H,2,15-20,22H2,1H3. The highest BCUT2D eigenvalue weighted by molar-refractivity contribution is 7.99. The third kappa shape index (κ3) is 6.37. The fourth-order valence-corrected chi connectivity index (χ4v) is 5.67. The molecule has 0 radical (unpaired) electrons. The van der Waals surface area contributed by atoms with Gasteiger partial charge < -0.3 is 14.5 Å². The first-order valence-corrected chi connectivity index (χ1v) is 14.5. The van der Waals surface area contributed by atoms with Crippen molar-refractivity contribution in [3.63, 3.8) is 0 Å². The Morgan fingerprint density at radius 1 is 0.925 bits per heavy atom. The number of anilines is 1. The highest BCUT2D eigenvalue weighted by Crippen LogP contribution is 2.22.